The Morgan fingerprint density at radius 2 is 1.60 bits per heavy atom. The molecule has 5 rings (SSSR count). The van der Waals surface area contributed by atoms with Crippen LogP contribution in [0.25, 0.3) is 11.1 Å². The van der Waals surface area contributed by atoms with Crippen molar-refractivity contribution in [2.24, 2.45) is 0 Å². The number of nitrogens with two attached hydrogens (primary N) is 1. The van der Waals surface area contributed by atoms with E-state index in [-0.39, 0.29) is 17.8 Å². The fourth-order valence-corrected chi connectivity index (χ4v) is 6.93. The summed E-state index contributed by atoms with van der Waals surface area (Å²) < 4.78 is 30.1. The van der Waals surface area contributed by atoms with Gasteiger partial charge in [-0.05, 0) is 81.8 Å². The van der Waals surface area contributed by atoms with E-state index < -0.39 is 10.1 Å². The maximum atomic E-state index is 13.6. The standard InChI is InChI=1S/C28H26FN3O2S/c29-23-11-6-19(7-12-23)22-10-15-25(30)27(18-22)31-28(33)21-8-13-24(14-9-21)35(34)17-16-26(32-35)20-4-2-1-3-5-20/h1-15,18,26,35H,16-17,30H2,(H,31,33)(H,32,34). The summed E-state index contributed by atoms with van der Waals surface area (Å²) in [6.45, 7) is 0. The third kappa shape index (κ3) is 4.87. The third-order valence-electron chi connectivity index (χ3n) is 6.32. The average Bonchev–Trinajstić information content (AvgIpc) is 3.30. The number of nitrogen functional groups attached to an aromatic ring is 1. The molecule has 0 aromatic heterocycles. The van der Waals surface area contributed by atoms with E-state index in [1.807, 2.05) is 36.4 Å². The summed E-state index contributed by atoms with van der Waals surface area (Å²) in [5.41, 5.74) is 10.2. The van der Waals surface area contributed by atoms with Crippen molar-refractivity contribution in [2.45, 2.75) is 17.4 Å². The molecule has 0 radical (unpaired) electrons. The molecule has 0 bridgehead atoms. The SMILES string of the molecule is Nc1ccc(-c2ccc(F)cc2)cc1NC(=O)c1ccc([SH]2(=O)CCC(c3ccccc3)N2)cc1. The third-order valence-corrected chi connectivity index (χ3v) is 9.07. The zero-order valence-corrected chi connectivity index (χ0v) is 19.8. The molecular formula is C28H26FN3O2S. The van der Waals surface area contributed by atoms with Gasteiger partial charge in [0, 0.05) is 22.3 Å². The smallest absolute Gasteiger partial charge is 0.255 e. The minimum absolute atomic E-state index is 0.0568. The summed E-state index contributed by atoms with van der Waals surface area (Å²) in [6, 6.07) is 28.4. The summed E-state index contributed by atoms with van der Waals surface area (Å²) in [5, 5.41) is 2.85. The second-order valence-electron chi connectivity index (χ2n) is 8.65. The first-order valence-electron chi connectivity index (χ1n) is 11.4. The van der Waals surface area contributed by atoms with Crippen LogP contribution < -0.4 is 15.8 Å². The van der Waals surface area contributed by atoms with E-state index in [4.69, 9.17) is 5.73 Å². The second-order valence-corrected chi connectivity index (χ2v) is 11.4. The number of amides is 1. The lowest BCUT2D eigenvalue weighted by Gasteiger charge is -2.21. The van der Waals surface area contributed by atoms with Crippen LogP contribution in [0.5, 0.6) is 0 Å². The lowest BCUT2D eigenvalue weighted by Crippen LogP contribution is -2.28. The van der Waals surface area contributed by atoms with Gasteiger partial charge < -0.3 is 11.1 Å². The molecule has 1 atom stereocenters. The number of hydrogen-bond acceptors (Lipinski definition) is 3. The van der Waals surface area contributed by atoms with Crippen molar-refractivity contribution in [1.82, 2.24) is 4.72 Å². The fourth-order valence-electron chi connectivity index (χ4n) is 4.36. The predicted molar refractivity (Wildman–Crippen MR) is 140 cm³/mol. The molecule has 0 saturated carbocycles. The fraction of sp³-hybridized carbons (Fsp3) is 0.107. The van der Waals surface area contributed by atoms with Crippen molar-refractivity contribution in [3.05, 3.63) is 114 Å². The summed E-state index contributed by atoms with van der Waals surface area (Å²) >= 11 is 0. The molecule has 5 nitrogen and oxygen atoms in total. The summed E-state index contributed by atoms with van der Waals surface area (Å²) in [4.78, 5) is 13.6. The van der Waals surface area contributed by atoms with Gasteiger partial charge >= 0.3 is 0 Å². The lowest BCUT2D eigenvalue weighted by molar-refractivity contribution is 0.102. The number of hydrogen-bond donors (Lipinski definition) is 4. The normalized spacial score (nSPS) is 17.6. The topological polar surface area (TPSA) is 84.2 Å². The molecule has 0 spiro atoms. The van der Waals surface area contributed by atoms with Crippen LogP contribution in [0.3, 0.4) is 0 Å². The number of halogens is 1. The van der Waals surface area contributed by atoms with Gasteiger partial charge in [0.1, 0.15) is 5.82 Å². The van der Waals surface area contributed by atoms with Crippen LogP contribution >= 0.6 is 0 Å². The average molecular weight is 488 g/mol. The summed E-state index contributed by atoms with van der Waals surface area (Å²) in [7, 11) is -2.74. The Kier molecular flexibility index (Phi) is 6.19. The molecule has 178 valence electrons. The van der Waals surface area contributed by atoms with Gasteiger partial charge in [0.15, 0.2) is 0 Å². The first kappa shape index (κ1) is 23.0. The molecule has 1 aliphatic heterocycles. The van der Waals surface area contributed by atoms with E-state index in [0.717, 1.165) is 23.1 Å². The van der Waals surface area contributed by atoms with Gasteiger partial charge in [-0.3, -0.25) is 9.00 Å². The number of nitrogens with one attached hydrogen (secondary N) is 2. The van der Waals surface area contributed by atoms with Crippen molar-refractivity contribution in [2.75, 3.05) is 16.8 Å². The molecule has 7 heteroatoms. The number of carbonyl (C=O) groups is 1. The van der Waals surface area contributed by atoms with Crippen molar-refractivity contribution in [3.63, 3.8) is 0 Å². The van der Waals surface area contributed by atoms with E-state index >= 15 is 0 Å². The monoisotopic (exact) mass is 487 g/mol. The molecule has 1 amide bonds. The minimum Gasteiger partial charge on any atom is -0.397 e. The Balaban J connectivity index is 1.30. The van der Waals surface area contributed by atoms with Gasteiger partial charge in [0.05, 0.1) is 11.4 Å². The van der Waals surface area contributed by atoms with E-state index in [9.17, 15) is 13.4 Å². The van der Waals surface area contributed by atoms with Crippen LogP contribution in [0.2, 0.25) is 0 Å². The van der Waals surface area contributed by atoms with Crippen molar-refractivity contribution in [1.29, 1.82) is 0 Å². The molecule has 0 aliphatic carbocycles. The highest BCUT2D eigenvalue weighted by Crippen LogP contribution is 2.33. The van der Waals surface area contributed by atoms with Gasteiger partial charge in [-0.25, -0.2) is 9.11 Å². The maximum absolute atomic E-state index is 13.6. The van der Waals surface area contributed by atoms with Crippen molar-refractivity contribution >= 4 is 27.4 Å². The quantitative estimate of drug-likeness (QED) is 0.226. The first-order valence-corrected chi connectivity index (χ1v) is 13.3. The van der Waals surface area contributed by atoms with Gasteiger partial charge in [-0.2, -0.15) is 0 Å². The molecule has 4 N–H and O–H groups in total. The lowest BCUT2D eigenvalue weighted by atomic mass is 10.0. The van der Waals surface area contributed by atoms with Crippen molar-refractivity contribution in [3.8, 4) is 11.1 Å². The van der Waals surface area contributed by atoms with E-state index in [1.165, 1.54) is 12.1 Å². The predicted octanol–water partition coefficient (Wildman–Crippen LogP) is 5.35. The Labute approximate surface area is 204 Å². The van der Waals surface area contributed by atoms with E-state index in [1.54, 1.807) is 48.5 Å². The molecule has 4 aromatic rings. The molecule has 35 heavy (non-hydrogen) atoms. The van der Waals surface area contributed by atoms with Crippen LogP contribution in [0.1, 0.15) is 28.4 Å². The largest absolute Gasteiger partial charge is 0.397 e. The van der Waals surface area contributed by atoms with Gasteiger partial charge in [0.2, 0.25) is 0 Å². The molecule has 1 unspecified atom stereocenters. The summed E-state index contributed by atoms with van der Waals surface area (Å²) in [6.07, 6.45) is 0.799. The van der Waals surface area contributed by atoms with Gasteiger partial charge in [-0.15, -0.1) is 0 Å². The summed E-state index contributed by atoms with van der Waals surface area (Å²) in [5.74, 6) is -0.0589. The van der Waals surface area contributed by atoms with Crippen molar-refractivity contribution < 1.29 is 13.4 Å². The van der Waals surface area contributed by atoms with Gasteiger partial charge in [0.25, 0.3) is 5.91 Å². The zero-order chi connectivity index (χ0) is 24.4. The highest BCUT2D eigenvalue weighted by Gasteiger charge is 2.30. The number of thiol groups is 1. The van der Waals surface area contributed by atoms with E-state index in [0.29, 0.717) is 27.6 Å². The van der Waals surface area contributed by atoms with Crippen LogP contribution in [0.15, 0.2) is 102 Å². The Morgan fingerprint density at radius 3 is 2.31 bits per heavy atom. The number of rotatable bonds is 5. The Morgan fingerprint density at radius 1 is 0.914 bits per heavy atom. The molecule has 1 aliphatic rings. The zero-order valence-electron chi connectivity index (χ0n) is 18.9. The van der Waals surface area contributed by atoms with Gasteiger partial charge in [-0.1, -0.05) is 48.5 Å². The molecule has 4 aromatic carbocycles. The van der Waals surface area contributed by atoms with Crippen LogP contribution in [0.4, 0.5) is 15.8 Å². The first-order chi connectivity index (χ1) is 16.9. The highest BCUT2D eigenvalue weighted by atomic mass is 32.3. The Hall–Kier alpha value is -3.81. The number of benzene rings is 4. The van der Waals surface area contributed by atoms with E-state index in [2.05, 4.69) is 10.0 Å². The van der Waals surface area contributed by atoms with Crippen LogP contribution in [0, 0.1) is 5.82 Å². The van der Waals surface area contributed by atoms with Crippen LogP contribution in [-0.4, -0.2) is 15.9 Å². The molecule has 1 fully saturated rings. The molecule has 1 saturated heterocycles. The maximum Gasteiger partial charge on any atom is 0.255 e. The Bertz CT molecular complexity index is 1410. The minimum atomic E-state index is -2.74. The second kappa shape index (κ2) is 9.44. The molecule has 1 heterocycles. The number of anilines is 2. The number of carbonyl (C=O) groups excluding carboxylic acids is 1. The molecular weight excluding hydrogens is 461 g/mol. The van der Waals surface area contributed by atoms with Crippen LogP contribution in [-0.2, 0) is 10.1 Å². The highest BCUT2D eigenvalue weighted by molar-refractivity contribution is 8.01.